The van der Waals surface area contributed by atoms with Crippen molar-refractivity contribution in [3.63, 3.8) is 0 Å². The van der Waals surface area contributed by atoms with Crippen LogP contribution in [-0.2, 0) is 6.61 Å². The van der Waals surface area contributed by atoms with Crippen molar-refractivity contribution in [3.05, 3.63) is 174 Å². The predicted octanol–water partition coefficient (Wildman–Crippen LogP) is 10.2. The van der Waals surface area contributed by atoms with Gasteiger partial charge in [0.05, 0.1) is 11.8 Å². The first-order valence-corrected chi connectivity index (χ1v) is 15.0. The summed E-state index contributed by atoms with van der Waals surface area (Å²) in [7, 11) is 0. The number of benzene rings is 6. The van der Waals surface area contributed by atoms with E-state index in [4.69, 9.17) is 14.7 Å². The van der Waals surface area contributed by atoms with Gasteiger partial charge in [0.2, 0.25) is 0 Å². The zero-order chi connectivity index (χ0) is 29.9. The third-order valence-corrected chi connectivity index (χ3v) is 8.20. The van der Waals surface area contributed by atoms with E-state index in [2.05, 4.69) is 111 Å². The Morgan fingerprint density at radius 1 is 0.705 bits per heavy atom. The third-order valence-electron chi connectivity index (χ3n) is 8.20. The normalized spacial score (nSPS) is 13.5. The molecule has 0 fully saturated rings. The van der Waals surface area contributed by atoms with E-state index in [0.717, 1.165) is 50.2 Å². The monoisotopic (exact) mass is 568 g/mol. The molecule has 0 N–H and O–H groups in total. The van der Waals surface area contributed by atoms with Crippen molar-refractivity contribution in [2.75, 3.05) is 0 Å². The summed E-state index contributed by atoms with van der Waals surface area (Å²) < 4.78 is 6.41. The second kappa shape index (κ2) is 12.0. The Kier molecular flexibility index (Phi) is 7.44. The molecule has 0 aromatic heterocycles. The van der Waals surface area contributed by atoms with Crippen molar-refractivity contribution >= 4 is 22.3 Å². The summed E-state index contributed by atoms with van der Waals surface area (Å²) in [6, 6.07) is 48.2. The van der Waals surface area contributed by atoms with Gasteiger partial charge in [-0.1, -0.05) is 134 Å². The third kappa shape index (κ3) is 5.25. The minimum absolute atomic E-state index is 0.0855. The summed E-state index contributed by atoms with van der Waals surface area (Å²) in [5.41, 5.74) is 9.60. The lowest BCUT2D eigenvalue weighted by Crippen LogP contribution is -2.10. The number of allylic oxidation sites excluding steroid dienone is 1. The molecule has 1 aliphatic heterocycles. The van der Waals surface area contributed by atoms with Crippen LogP contribution in [0.25, 0.3) is 33.0 Å². The van der Waals surface area contributed by atoms with Gasteiger partial charge in [0.15, 0.2) is 5.84 Å². The SMILES string of the molecule is C=CC(=NC(=NC(C)c1ccccc1)c1ccc2c(c1)-c1c(cc(-c3ccccc3)c3ccccc13)OC2)c1ccccc1. The smallest absolute Gasteiger partial charge is 0.155 e. The molecule has 1 unspecified atom stereocenters. The fraction of sp³-hybridized carbons (Fsp3) is 0.0732. The van der Waals surface area contributed by atoms with E-state index < -0.39 is 0 Å². The Balaban J connectivity index is 1.41. The van der Waals surface area contributed by atoms with Gasteiger partial charge < -0.3 is 4.74 Å². The Bertz CT molecular complexity index is 2030. The standard InChI is InChI=1S/C41H32N2O/c1-3-38(31-19-11-6-12-20-31)43-41(42-28(2)29-15-7-4-8-16-29)32-23-24-33-27-44-39-26-36(30-17-9-5-10-18-30)34-21-13-14-22-35(34)40(39)37(33)25-32/h3-26,28H,1,27H2,2H3. The molecule has 0 aliphatic carbocycles. The maximum Gasteiger partial charge on any atom is 0.155 e. The van der Waals surface area contributed by atoms with Crippen LogP contribution in [0.4, 0.5) is 0 Å². The molecule has 0 spiro atoms. The molecule has 1 aliphatic rings. The number of fused-ring (bicyclic) bond motifs is 5. The second-order valence-electron chi connectivity index (χ2n) is 11.0. The lowest BCUT2D eigenvalue weighted by molar-refractivity contribution is 0.303. The summed E-state index contributed by atoms with van der Waals surface area (Å²) in [4.78, 5) is 10.3. The highest BCUT2D eigenvalue weighted by Crippen LogP contribution is 2.46. The maximum atomic E-state index is 6.41. The van der Waals surface area contributed by atoms with Gasteiger partial charge >= 0.3 is 0 Å². The zero-order valence-corrected chi connectivity index (χ0v) is 24.7. The maximum absolute atomic E-state index is 6.41. The minimum Gasteiger partial charge on any atom is -0.488 e. The van der Waals surface area contributed by atoms with Gasteiger partial charge in [0.1, 0.15) is 12.4 Å². The molecule has 0 radical (unpaired) electrons. The van der Waals surface area contributed by atoms with Gasteiger partial charge in [-0.05, 0) is 63.7 Å². The molecule has 6 aromatic carbocycles. The molecular weight excluding hydrogens is 536 g/mol. The molecule has 1 atom stereocenters. The molecular formula is C41H32N2O. The Morgan fingerprint density at radius 3 is 2.09 bits per heavy atom. The number of amidine groups is 1. The average Bonchev–Trinajstić information content (AvgIpc) is 3.10. The van der Waals surface area contributed by atoms with E-state index in [9.17, 15) is 0 Å². The number of nitrogens with zero attached hydrogens (tertiary/aromatic N) is 2. The van der Waals surface area contributed by atoms with Crippen molar-refractivity contribution in [2.24, 2.45) is 9.98 Å². The highest BCUT2D eigenvalue weighted by atomic mass is 16.5. The van der Waals surface area contributed by atoms with Crippen molar-refractivity contribution < 1.29 is 4.74 Å². The van der Waals surface area contributed by atoms with E-state index in [1.54, 1.807) is 6.08 Å². The van der Waals surface area contributed by atoms with Crippen LogP contribution in [0.15, 0.2) is 162 Å². The largest absolute Gasteiger partial charge is 0.488 e. The number of rotatable bonds is 6. The number of hydrogen-bond acceptors (Lipinski definition) is 2. The van der Waals surface area contributed by atoms with Crippen LogP contribution in [0, 0.1) is 0 Å². The Labute approximate surface area is 258 Å². The number of ether oxygens (including phenoxy) is 1. The molecule has 0 saturated heterocycles. The Morgan fingerprint density at radius 2 is 1.36 bits per heavy atom. The second-order valence-corrected chi connectivity index (χ2v) is 11.0. The predicted molar refractivity (Wildman–Crippen MR) is 184 cm³/mol. The molecule has 1 heterocycles. The highest BCUT2D eigenvalue weighted by molar-refractivity contribution is 6.17. The minimum atomic E-state index is -0.0855. The van der Waals surface area contributed by atoms with Crippen LogP contribution >= 0.6 is 0 Å². The van der Waals surface area contributed by atoms with Crippen molar-refractivity contribution in [2.45, 2.75) is 19.6 Å². The summed E-state index contributed by atoms with van der Waals surface area (Å²) in [6.45, 7) is 6.71. The fourth-order valence-electron chi connectivity index (χ4n) is 5.94. The molecule has 0 bridgehead atoms. The van der Waals surface area contributed by atoms with Crippen LogP contribution in [0.1, 0.15) is 35.2 Å². The van der Waals surface area contributed by atoms with E-state index >= 15 is 0 Å². The van der Waals surface area contributed by atoms with Gasteiger partial charge in [-0.3, -0.25) is 4.99 Å². The van der Waals surface area contributed by atoms with Crippen molar-refractivity contribution in [1.29, 1.82) is 0 Å². The van der Waals surface area contributed by atoms with Crippen molar-refractivity contribution in [1.82, 2.24) is 0 Å². The first-order valence-electron chi connectivity index (χ1n) is 15.0. The van der Waals surface area contributed by atoms with Crippen LogP contribution in [-0.4, -0.2) is 11.5 Å². The van der Waals surface area contributed by atoms with Gasteiger partial charge in [0.25, 0.3) is 0 Å². The van der Waals surface area contributed by atoms with Crippen LogP contribution in [0.5, 0.6) is 5.75 Å². The van der Waals surface area contributed by atoms with Gasteiger partial charge in [-0.25, -0.2) is 4.99 Å². The molecule has 0 amide bonds. The van der Waals surface area contributed by atoms with Crippen LogP contribution < -0.4 is 4.74 Å². The first-order chi connectivity index (χ1) is 21.7. The van der Waals surface area contributed by atoms with Gasteiger partial charge in [0, 0.05) is 16.7 Å². The van der Waals surface area contributed by atoms with Gasteiger partial charge in [-0.2, -0.15) is 0 Å². The topological polar surface area (TPSA) is 34.0 Å². The molecule has 6 aromatic rings. The quantitative estimate of drug-likeness (QED) is 0.145. The van der Waals surface area contributed by atoms with E-state index in [-0.39, 0.29) is 6.04 Å². The molecule has 44 heavy (non-hydrogen) atoms. The fourth-order valence-corrected chi connectivity index (χ4v) is 5.94. The molecule has 3 heteroatoms. The van der Waals surface area contributed by atoms with Crippen molar-refractivity contribution in [3.8, 4) is 28.0 Å². The lowest BCUT2D eigenvalue weighted by Gasteiger charge is -2.25. The summed E-state index contributed by atoms with van der Waals surface area (Å²) in [5.74, 6) is 1.56. The lowest BCUT2D eigenvalue weighted by atomic mass is 9.87. The molecule has 7 rings (SSSR count). The van der Waals surface area contributed by atoms with E-state index in [0.29, 0.717) is 12.4 Å². The first kappa shape index (κ1) is 27.3. The van der Waals surface area contributed by atoms with Crippen LogP contribution in [0.2, 0.25) is 0 Å². The Hall–Kier alpha value is -5.54. The zero-order valence-electron chi connectivity index (χ0n) is 24.7. The van der Waals surface area contributed by atoms with E-state index in [1.165, 1.54) is 16.5 Å². The number of hydrogen-bond donors (Lipinski definition) is 0. The summed E-state index contributed by atoms with van der Waals surface area (Å²) in [6.07, 6.45) is 1.80. The van der Waals surface area contributed by atoms with Crippen LogP contribution in [0.3, 0.4) is 0 Å². The summed E-state index contributed by atoms with van der Waals surface area (Å²) in [5, 5.41) is 2.36. The molecule has 0 saturated carbocycles. The summed E-state index contributed by atoms with van der Waals surface area (Å²) >= 11 is 0. The molecule has 212 valence electrons. The highest BCUT2D eigenvalue weighted by Gasteiger charge is 2.23. The number of aliphatic imine (C=N–C) groups is 2. The molecule has 3 nitrogen and oxygen atoms in total. The van der Waals surface area contributed by atoms with Gasteiger partial charge in [-0.15, -0.1) is 0 Å². The average molecular weight is 569 g/mol. The van der Waals surface area contributed by atoms with E-state index in [1.807, 2.05) is 42.5 Å².